The molecule has 0 radical (unpaired) electrons. The fourth-order valence-corrected chi connectivity index (χ4v) is 4.80. The average Bonchev–Trinajstić information content (AvgIpc) is 3.13. The topological polar surface area (TPSA) is 57.1 Å². The van der Waals surface area contributed by atoms with Gasteiger partial charge in [0, 0.05) is 31.5 Å². The van der Waals surface area contributed by atoms with E-state index in [1.54, 1.807) is 12.1 Å². The van der Waals surface area contributed by atoms with E-state index in [1.807, 2.05) is 30.3 Å². The maximum Gasteiger partial charge on any atom is 0.234 e. The van der Waals surface area contributed by atoms with Crippen molar-refractivity contribution in [3.8, 4) is 0 Å². The van der Waals surface area contributed by atoms with Crippen LogP contribution in [0.2, 0.25) is 5.02 Å². The lowest BCUT2D eigenvalue weighted by Crippen LogP contribution is -2.41. The summed E-state index contributed by atoms with van der Waals surface area (Å²) in [5.74, 6) is 0.151. The SMILES string of the molecule is CCN1CCC2(CC1)N=C(SCC(=O)Nc1ccccc1Cl)C(c1ccccc1)=N2. The van der Waals surface area contributed by atoms with E-state index in [1.165, 1.54) is 11.8 Å². The molecule has 0 unspecified atom stereocenters. The van der Waals surface area contributed by atoms with Gasteiger partial charge in [0.05, 0.1) is 22.2 Å². The van der Waals surface area contributed by atoms with Gasteiger partial charge >= 0.3 is 0 Å². The van der Waals surface area contributed by atoms with E-state index in [9.17, 15) is 4.79 Å². The molecule has 0 saturated carbocycles. The van der Waals surface area contributed by atoms with Gasteiger partial charge in [0.1, 0.15) is 5.04 Å². The molecule has 2 aliphatic rings. The van der Waals surface area contributed by atoms with Gasteiger partial charge in [-0.15, -0.1) is 0 Å². The minimum Gasteiger partial charge on any atom is -0.324 e. The molecule has 2 aromatic carbocycles. The summed E-state index contributed by atoms with van der Waals surface area (Å²) in [4.78, 5) is 25.1. The number of carbonyl (C=O) groups excluding carboxylic acids is 1. The molecule has 2 aliphatic heterocycles. The van der Waals surface area contributed by atoms with Gasteiger partial charge in [-0.05, 0) is 18.7 Å². The van der Waals surface area contributed by atoms with E-state index >= 15 is 0 Å². The Balaban J connectivity index is 1.50. The molecule has 156 valence electrons. The van der Waals surface area contributed by atoms with Crippen LogP contribution in [0.15, 0.2) is 64.6 Å². The van der Waals surface area contributed by atoms with E-state index in [2.05, 4.69) is 29.3 Å². The first-order chi connectivity index (χ1) is 14.6. The van der Waals surface area contributed by atoms with Gasteiger partial charge in [0.15, 0.2) is 5.66 Å². The summed E-state index contributed by atoms with van der Waals surface area (Å²) >= 11 is 7.60. The van der Waals surface area contributed by atoms with Crippen molar-refractivity contribution in [2.45, 2.75) is 25.4 Å². The molecule has 1 N–H and O–H groups in total. The van der Waals surface area contributed by atoms with Crippen LogP contribution in [0.4, 0.5) is 5.69 Å². The van der Waals surface area contributed by atoms with Crippen LogP contribution < -0.4 is 5.32 Å². The Morgan fingerprint density at radius 3 is 2.50 bits per heavy atom. The van der Waals surface area contributed by atoms with E-state index < -0.39 is 5.66 Å². The number of benzene rings is 2. The largest absolute Gasteiger partial charge is 0.324 e. The highest BCUT2D eigenvalue weighted by Gasteiger charge is 2.39. The normalized spacial score (nSPS) is 18.2. The van der Waals surface area contributed by atoms with Crippen molar-refractivity contribution in [3.05, 3.63) is 65.2 Å². The summed E-state index contributed by atoms with van der Waals surface area (Å²) in [5, 5.41) is 4.26. The number of para-hydroxylation sites is 1. The van der Waals surface area contributed by atoms with Crippen molar-refractivity contribution in [1.29, 1.82) is 0 Å². The molecule has 7 heteroatoms. The number of likely N-dealkylation sites (tertiary alicyclic amines) is 1. The summed E-state index contributed by atoms with van der Waals surface area (Å²) in [6.07, 6.45) is 1.82. The molecule has 1 amide bonds. The number of amides is 1. The quantitative estimate of drug-likeness (QED) is 0.731. The number of nitrogens with zero attached hydrogens (tertiary/aromatic N) is 3. The molecule has 0 aliphatic carbocycles. The van der Waals surface area contributed by atoms with Crippen molar-refractivity contribution in [2.24, 2.45) is 9.98 Å². The van der Waals surface area contributed by atoms with E-state index in [0.29, 0.717) is 10.7 Å². The Bertz CT molecular complexity index is 968. The molecule has 1 spiro atoms. The number of halogens is 1. The van der Waals surface area contributed by atoms with Crippen molar-refractivity contribution in [3.63, 3.8) is 0 Å². The van der Waals surface area contributed by atoms with Crippen molar-refractivity contribution in [1.82, 2.24) is 4.90 Å². The van der Waals surface area contributed by atoms with E-state index in [4.69, 9.17) is 21.6 Å². The number of nitrogens with one attached hydrogen (secondary N) is 1. The molecule has 0 aromatic heterocycles. The lowest BCUT2D eigenvalue weighted by molar-refractivity contribution is -0.113. The smallest absolute Gasteiger partial charge is 0.234 e. The Morgan fingerprint density at radius 1 is 1.10 bits per heavy atom. The minimum atomic E-state index is -0.390. The van der Waals surface area contributed by atoms with Gasteiger partial charge in [0.2, 0.25) is 5.91 Å². The van der Waals surface area contributed by atoms with Gasteiger partial charge in [-0.3, -0.25) is 9.79 Å². The Labute approximate surface area is 186 Å². The van der Waals surface area contributed by atoms with Crippen molar-refractivity contribution in [2.75, 3.05) is 30.7 Å². The fourth-order valence-electron chi connectivity index (χ4n) is 3.74. The number of hydrogen-bond acceptors (Lipinski definition) is 5. The summed E-state index contributed by atoms with van der Waals surface area (Å²) in [6, 6.07) is 17.4. The lowest BCUT2D eigenvalue weighted by Gasteiger charge is -2.34. The Kier molecular flexibility index (Phi) is 6.56. The highest BCUT2D eigenvalue weighted by atomic mass is 35.5. The summed E-state index contributed by atoms with van der Waals surface area (Å²) in [5.41, 5.74) is 2.18. The number of rotatable bonds is 5. The summed E-state index contributed by atoms with van der Waals surface area (Å²) in [7, 11) is 0. The predicted octanol–water partition coefficient (Wildman–Crippen LogP) is 4.73. The number of piperidine rings is 1. The number of aliphatic imine (C=N–C) groups is 2. The second-order valence-corrected chi connectivity index (χ2v) is 8.85. The second kappa shape index (κ2) is 9.33. The molecular weight excluding hydrogens is 416 g/mol. The molecule has 2 heterocycles. The van der Waals surface area contributed by atoms with Gasteiger partial charge in [-0.25, -0.2) is 4.99 Å². The first kappa shape index (κ1) is 21.1. The standard InChI is InChI=1S/C23H25ClN4OS/c1-2-28-14-12-23(13-15-28)26-21(17-8-4-3-5-9-17)22(27-23)30-16-20(29)25-19-11-7-6-10-18(19)24/h3-11H,2,12-16H2,1H3,(H,25,29). The third-order valence-electron chi connectivity index (χ3n) is 5.47. The molecule has 0 bridgehead atoms. The van der Waals surface area contributed by atoms with Gasteiger partial charge in [0.25, 0.3) is 0 Å². The lowest BCUT2D eigenvalue weighted by atomic mass is 9.98. The van der Waals surface area contributed by atoms with Crippen LogP contribution in [0, 0.1) is 0 Å². The molecule has 30 heavy (non-hydrogen) atoms. The van der Waals surface area contributed by atoms with E-state index in [-0.39, 0.29) is 11.7 Å². The number of carbonyl (C=O) groups is 1. The van der Waals surface area contributed by atoms with Gasteiger partial charge in [-0.2, -0.15) is 0 Å². The van der Waals surface area contributed by atoms with Crippen LogP contribution in [0.1, 0.15) is 25.3 Å². The molecule has 1 saturated heterocycles. The molecule has 0 atom stereocenters. The van der Waals surface area contributed by atoms with Crippen LogP contribution in [0.3, 0.4) is 0 Å². The van der Waals surface area contributed by atoms with Crippen LogP contribution >= 0.6 is 23.4 Å². The fraction of sp³-hybridized carbons (Fsp3) is 0.348. The number of anilines is 1. The zero-order valence-corrected chi connectivity index (χ0v) is 18.5. The minimum absolute atomic E-state index is 0.107. The van der Waals surface area contributed by atoms with Crippen molar-refractivity contribution >= 4 is 45.7 Å². The molecule has 2 aromatic rings. The maximum absolute atomic E-state index is 12.5. The Hall–Kier alpha value is -2.15. The average molecular weight is 441 g/mol. The Morgan fingerprint density at radius 2 is 1.80 bits per heavy atom. The monoisotopic (exact) mass is 440 g/mol. The van der Waals surface area contributed by atoms with Gasteiger partial charge < -0.3 is 10.2 Å². The molecule has 4 rings (SSSR count). The van der Waals surface area contributed by atoms with Crippen molar-refractivity contribution < 1.29 is 4.79 Å². The molecular formula is C23H25ClN4OS. The van der Waals surface area contributed by atoms with E-state index in [0.717, 1.165) is 48.8 Å². The zero-order chi connectivity index (χ0) is 21.0. The zero-order valence-electron chi connectivity index (χ0n) is 17.0. The third-order valence-corrected chi connectivity index (χ3v) is 6.77. The second-order valence-electron chi connectivity index (χ2n) is 7.48. The predicted molar refractivity (Wildman–Crippen MR) is 127 cm³/mol. The van der Waals surface area contributed by atoms with Crippen LogP contribution in [0.5, 0.6) is 0 Å². The number of thioether (sulfide) groups is 1. The first-order valence-corrected chi connectivity index (χ1v) is 11.6. The summed E-state index contributed by atoms with van der Waals surface area (Å²) < 4.78 is 0. The molecule has 5 nitrogen and oxygen atoms in total. The van der Waals surface area contributed by atoms with Gasteiger partial charge in [-0.1, -0.05) is 72.8 Å². The van der Waals surface area contributed by atoms with Crippen LogP contribution in [-0.2, 0) is 4.79 Å². The number of hydrogen-bond donors (Lipinski definition) is 1. The molecule has 1 fully saturated rings. The first-order valence-electron chi connectivity index (χ1n) is 10.2. The van der Waals surface area contributed by atoms with Crippen LogP contribution in [-0.4, -0.2) is 52.6 Å². The van der Waals surface area contributed by atoms with Crippen LogP contribution in [0.25, 0.3) is 0 Å². The summed E-state index contributed by atoms with van der Waals surface area (Å²) in [6.45, 7) is 5.24. The highest BCUT2D eigenvalue weighted by molar-refractivity contribution is 8.16. The highest BCUT2D eigenvalue weighted by Crippen LogP contribution is 2.35. The maximum atomic E-state index is 12.5. The third kappa shape index (κ3) is 4.77.